The third-order valence-corrected chi connectivity index (χ3v) is 8.69. The van der Waals surface area contributed by atoms with Crippen molar-refractivity contribution in [1.82, 2.24) is 9.97 Å². The van der Waals surface area contributed by atoms with Gasteiger partial charge in [-0.25, -0.2) is 9.97 Å². The molecule has 0 spiro atoms. The SMILES string of the molecule is CC(C)Cc1ccc2c(c1)-c1sc3ncnc(-c4cc(-c5ccccc5)c5ccccc5c4)c3c1CC2. The van der Waals surface area contributed by atoms with Crippen LogP contribution in [0.25, 0.3) is 53.8 Å². The Kier molecular flexibility index (Phi) is 5.40. The molecule has 0 atom stereocenters. The number of thiophene rings is 1. The molecule has 2 nitrogen and oxygen atoms in total. The molecule has 2 aromatic heterocycles. The van der Waals surface area contributed by atoms with E-state index in [0.717, 1.165) is 35.4 Å². The molecule has 2 heterocycles. The fourth-order valence-corrected chi connectivity index (χ4v) is 7.12. The summed E-state index contributed by atoms with van der Waals surface area (Å²) in [6.45, 7) is 4.58. The van der Waals surface area contributed by atoms with Crippen LogP contribution in [0, 0.1) is 5.92 Å². The molecule has 0 bridgehead atoms. The third-order valence-electron chi connectivity index (χ3n) is 7.51. The average Bonchev–Trinajstić information content (AvgIpc) is 3.32. The maximum Gasteiger partial charge on any atom is 0.128 e. The van der Waals surface area contributed by atoms with Crippen molar-refractivity contribution < 1.29 is 0 Å². The van der Waals surface area contributed by atoms with E-state index in [2.05, 4.69) is 98.8 Å². The summed E-state index contributed by atoms with van der Waals surface area (Å²) in [5.41, 5.74) is 10.4. The standard InChI is InChI=1S/C34H28N2S/c1-21(2)16-22-12-13-24-14-15-28-31-32(35-20-36-34(31)37-33(28)30(24)17-22)26-18-25-10-6-7-11-27(25)29(19-26)23-8-4-3-5-9-23/h3-13,17-21H,14-16H2,1-2H3. The highest BCUT2D eigenvalue weighted by molar-refractivity contribution is 7.22. The summed E-state index contributed by atoms with van der Waals surface area (Å²) in [5.74, 6) is 0.646. The molecule has 37 heavy (non-hydrogen) atoms. The van der Waals surface area contributed by atoms with Crippen LogP contribution in [0.4, 0.5) is 0 Å². The summed E-state index contributed by atoms with van der Waals surface area (Å²) in [6, 6.07) is 31.1. The van der Waals surface area contributed by atoms with Gasteiger partial charge in [0.2, 0.25) is 0 Å². The molecular formula is C34H28N2S. The minimum absolute atomic E-state index is 0.646. The Balaban J connectivity index is 1.45. The second-order valence-corrected chi connectivity index (χ2v) is 11.5. The van der Waals surface area contributed by atoms with Crippen molar-refractivity contribution in [3.8, 4) is 32.8 Å². The molecule has 0 N–H and O–H groups in total. The Labute approximate surface area is 221 Å². The van der Waals surface area contributed by atoms with Crippen molar-refractivity contribution in [3.05, 3.63) is 108 Å². The van der Waals surface area contributed by atoms with Gasteiger partial charge in [0.25, 0.3) is 0 Å². The molecule has 7 rings (SSSR count). The normalized spacial score (nSPS) is 12.7. The second kappa shape index (κ2) is 8.93. The Morgan fingerprint density at radius 2 is 1.62 bits per heavy atom. The average molecular weight is 497 g/mol. The summed E-state index contributed by atoms with van der Waals surface area (Å²) < 4.78 is 0. The van der Waals surface area contributed by atoms with Crippen LogP contribution in [0.1, 0.15) is 30.5 Å². The lowest BCUT2D eigenvalue weighted by atomic mass is 9.87. The first-order chi connectivity index (χ1) is 18.2. The molecule has 0 unspecified atom stereocenters. The van der Waals surface area contributed by atoms with Crippen molar-refractivity contribution >= 4 is 32.3 Å². The molecule has 0 saturated heterocycles. The van der Waals surface area contributed by atoms with Gasteiger partial charge in [-0.1, -0.05) is 86.6 Å². The van der Waals surface area contributed by atoms with E-state index < -0.39 is 0 Å². The third kappa shape index (κ3) is 3.86. The Morgan fingerprint density at radius 1 is 0.784 bits per heavy atom. The van der Waals surface area contributed by atoms with Crippen LogP contribution < -0.4 is 0 Å². The molecule has 0 saturated carbocycles. The number of rotatable bonds is 4. The zero-order valence-electron chi connectivity index (χ0n) is 21.2. The fourth-order valence-electron chi connectivity index (χ4n) is 5.88. The monoisotopic (exact) mass is 496 g/mol. The van der Waals surface area contributed by atoms with E-state index >= 15 is 0 Å². The molecule has 4 aromatic carbocycles. The highest BCUT2D eigenvalue weighted by atomic mass is 32.1. The lowest BCUT2D eigenvalue weighted by Gasteiger charge is -2.19. The molecule has 0 amide bonds. The van der Waals surface area contributed by atoms with Crippen LogP contribution in [-0.4, -0.2) is 9.97 Å². The highest BCUT2D eigenvalue weighted by Crippen LogP contribution is 2.46. The van der Waals surface area contributed by atoms with Gasteiger partial charge in [-0.05, 0) is 81.5 Å². The number of hydrogen-bond donors (Lipinski definition) is 0. The quantitative estimate of drug-likeness (QED) is 0.243. The van der Waals surface area contributed by atoms with E-state index in [1.807, 2.05) is 11.3 Å². The smallest absolute Gasteiger partial charge is 0.128 e. The minimum atomic E-state index is 0.646. The number of nitrogens with zero attached hydrogens (tertiary/aromatic N) is 2. The molecule has 6 aromatic rings. The number of benzene rings is 4. The van der Waals surface area contributed by atoms with E-state index in [4.69, 9.17) is 9.97 Å². The van der Waals surface area contributed by atoms with Gasteiger partial charge in [-0.2, -0.15) is 0 Å². The Hall–Kier alpha value is -3.82. The van der Waals surface area contributed by atoms with Gasteiger partial charge in [0, 0.05) is 15.8 Å². The van der Waals surface area contributed by atoms with Crippen molar-refractivity contribution in [2.24, 2.45) is 5.92 Å². The summed E-state index contributed by atoms with van der Waals surface area (Å²) in [5, 5.41) is 3.73. The van der Waals surface area contributed by atoms with Crippen molar-refractivity contribution in [2.45, 2.75) is 33.1 Å². The van der Waals surface area contributed by atoms with Gasteiger partial charge in [-0.3, -0.25) is 0 Å². The first-order valence-electron chi connectivity index (χ1n) is 13.1. The Bertz CT molecular complexity index is 1780. The predicted molar refractivity (Wildman–Crippen MR) is 157 cm³/mol. The van der Waals surface area contributed by atoms with Crippen LogP contribution in [0.2, 0.25) is 0 Å². The minimum Gasteiger partial charge on any atom is -0.236 e. The van der Waals surface area contributed by atoms with Crippen molar-refractivity contribution in [2.75, 3.05) is 0 Å². The zero-order chi connectivity index (χ0) is 24.9. The van der Waals surface area contributed by atoms with Crippen LogP contribution in [-0.2, 0) is 19.3 Å². The maximum atomic E-state index is 4.91. The molecule has 0 fully saturated rings. The zero-order valence-corrected chi connectivity index (χ0v) is 22.0. The number of fused-ring (bicyclic) bond motifs is 6. The lowest BCUT2D eigenvalue weighted by Crippen LogP contribution is -2.04. The van der Waals surface area contributed by atoms with Gasteiger partial charge in [-0.15, -0.1) is 11.3 Å². The summed E-state index contributed by atoms with van der Waals surface area (Å²) in [6.07, 6.45) is 4.95. The van der Waals surface area contributed by atoms with Gasteiger partial charge in [0.05, 0.1) is 5.69 Å². The van der Waals surface area contributed by atoms with Gasteiger partial charge in [0.15, 0.2) is 0 Å². The largest absolute Gasteiger partial charge is 0.236 e. The van der Waals surface area contributed by atoms with E-state index in [1.54, 1.807) is 6.33 Å². The van der Waals surface area contributed by atoms with Crippen LogP contribution in [0.3, 0.4) is 0 Å². The topological polar surface area (TPSA) is 25.8 Å². The summed E-state index contributed by atoms with van der Waals surface area (Å²) in [4.78, 5) is 12.1. The first kappa shape index (κ1) is 22.4. The summed E-state index contributed by atoms with van der Waals surface area (Å²) in [7, 11) is 0. The molecular weight excluding hydrogens is 468 g/mol. The number of aromatic nitrogens is 2. The Morgan fingerprint density at radius 3 is 2.49 bits per heavy atom. The van der Waals surface area contributed by atoms with Crippen molar-refractivity contribution in [1.29, 1.82) is 0 Å². The van der Waals surface area contributed by atoms with E-state index in [0.29, 0.717) is 5.92 Å². The van der Waals surface area contributed by atoms with Crippen molar-refractivity contribution in [3.63, 3.8) is 0 Å². The molecule has 0 aliphatic heterocycles. The second-order valence-electron chi connectivity index (χ2n) is 10.5. The molecule has 3 heteroatoms. The van der Waals surface area contributed by atoms with Crippen LogP contribution in [0.15, 0.2) is 91.3 Å². The summed E-state index contributed by atoms with van der Waals surface area (Å²) >= 11 is 1.83. The van der Waals surface area contributed by atoms with E-state index in [1.165, 1.54) is 54.4 Å². The van der Waals surface area contributed by atoms with Gasteiger partial charge >= 0.3 is 0 Å². The van der Waals surface area contributed by atoms with E-state index in [-0.39, 0.29) is 0 Å². The lowest BCUT2D eigenvalue weighted by molar-refractivity contribution is 0.647. The maximum absolute atomic E-state index is 4.91. The van der Waals surface area contributed by atoms with Crippen LogP contribution >= 0.6 is 11.3 Å². The van der Waals surface area contributed by atoms with Gasteiger partial charge < -0.3 is 0 Å². The number of aryl methyl sites for hydroxylation is 2. The predicted octanol–water partition coefficient (Wildman–Crippen LogP) is 9.14. The fraction of sp³-hybridized carbons (Fsp3) is 0.176. The molecule has 180 valence electrons. The molecule has 1 aliphatic rings. The molecule has 0 radical (unpaired) electrons. The number of hydrogen-bond acceptors (Lipinski definition) is 3. The molecule has 1 aliphatic carbocycles. The van der Waals surface area contributed by atoms with E-state index in [9.17, 15) is 0 Å². The van der Waals surface area contributed by atoms with Crippen LogP contribution in [0.5, 0.6) is 0 Å². The van der Waals surface area contributed by atoms with Gasteiger partial charge in [0.1, 0.15) is 11.2 Å². The highest BCUT2D eigenvalue weighted by Gasteiger charge is 2.25. The first-order valence-corrected chi connectivity index (χ1v) is 13.9.